The van der Waals surface area contributed by atoms with Crippen molar-refractivity contribution in [3.63, 3.8) is 0 Å². The lowest BCUT2D eigenvalue weighted by atomic mass is 9.95. The number of rotatable bonds is 10. The van der Waals surface area contributed by atoms with Crippen LogP contribution in [-0.4, -0.2) is 0 Å². The van der Waals surface area contributed by atoms with E-state index in [-0.39, 0.29) is 0 Å². The Labute approximate surface area is 169 Å². The average molecular weight is 367 g/mol. The summed E-state index contributed by atoms with van der Waals surface area (Å²) in [5.74, 6) is 0.652. The average Bonchev–Trinajstić information content (AvgIpc) is 2.72. The van der Waals surface area contributed by atoms with Crippen molar-refractivity contribution in [3.8, 4) is 11.1 Å². The summed E-state index contributed by atoms with van der Waals surface area (Å²) < 4.78 is 0. The van der Waals surface area contributed by atoms with Gasteiger partial charge in [0.25, 0.3) is 0 Å². The SMILES string of the molecule is CCCCC.CCCCCCc1ccc(-c2ccc(C(C)CC)cc2)cc1. The highest BCUT2D eigenvalue weighted by molar-refractivity contribution is 5.64. The van der Waals surface area contributed by atoms with Gasteiger partial charge in [0, 0.05) is 0 Å². The van der Waals surface area contributed by atoms with Gasteiger partial charge in [0.05, 0.1) is 0 Å². The van der Waals surface area contributed by atoms with Crippen LogP contribution in [0.5, 0.6) is 0 Å². The fourth-order valence-corrected chi connectivity index (χ4v) is 3.21. The molecule has 0 aliphatic rings. The summed E-state index contributed by atoms with van der Waals surface area (Å²) in [6.45, 7) is 11.2. The minimum absolute atomic E-state index is 0.652. The van der Waals surface area contributed by atoms with Gasteiger partial charge in [-0.05, 0) is 47.4 Å². The van der Waals surface area contributed by atoms with E-state index >= 15 is 0 Å². The Hall–Kier alpha value is -1.56. The van der Waals surface area contributed by atoms with Crippen molar-refractivity contribution in [1.29, 1.82) is 0 Å². The summed E-state index contributed by atoms with van der Waals surface area (Å²) in [6, 6.07) is 18.2. The molecular formula is C27H42. The molecular weight excluding hydrogens is 324 g/mol. The van der Waals surface area contributed by atoms with Crippen molar-refractivity contribution in [1.82, 2.24) is 0 Å². The molecule has 0 spiro atoms. The second-order valence-corrected chi connectivity index (χ2v) is 7.79. The van der Waals surface area contributed by atoms with Crippen LogP contribution in [0.1, 0.15) is 103 Å². The highest BCUT2D eigenvalue weighted by atomic mass is 14.1. The van der Waals surface area contributed by atoms with E-state index in [1.165, 1.54) is 80.0 Å². The normalized spacial score (nSPS) is 11.6. The van der Waals surface area contributed by atoms with Gasteiger partial charge in [-0.2, -0.15) is 0 Å². The molecule has 0 bridgehead atoms. The summed E-state index contributed by atoms with van der Waals surface area (Å²) >= 11 is 0. The third-order valence-electron chi connectivity index (χ3n) is 5.41. The maximum atomic E-state index is 2.30. The number of hydrogen-bond donors (Lipinski definition) is 0. The molecule has 0 fully saturated rings. The van der Waals surface area contributed by atoms with E-state index < -0.39 is 0 Å². The largest absolute Gasteiger partial charge is 0.0654 e. The third kappa shape index (κ3) is 9.27. The molecule has 0 N–H and O–H groups in total. The van der Waals surface area contributed by atoms with Gasteiger partial charge < -0.3 is 0 Å². The van der Waals surface area contributed by atoms with E-state index in [0.29, 0.717) is 5.92 Å². The summed E-state index contributed by atoms with van der Waals surface area (Å²) in [5, 5.41) is 0. The maximum absolute atomic E-state index is 2.30. The summed E-state index contributed by atoms with van der Waals surface area (Å²) in [6.07, 6.45) is 11.8. The van der Waals surface area contributed by atoms with Gasteiger partial charge in [-0.1, -0.05) is 122 Å². The number of aryl methyl sites for hydroxylation is 1. The van der Waals surface area contributed by atoms with Gasteiger partial charge in [0.2, 0.25) is 0 Å². The van der Waals surface area contributed by atoms with Crippen molar-refractivity contribution in [2.24, 2.45) is 0 Å². The molecule has 0 amide bonds. The van der Waals surface area contributed by atoms with Crippen LogP contribution in [0, 0.1) is 0 Å². The van der Waals surface area contributed by atoms with Crippen LogP contribution in [0.2, 0.25) is 0 Å². The van der Waals surface area contributed by atoms with Crippen LogP contribution in [0.4, 0.5) is 0 Å². The number of hydrogen-bond acceptors (Lipinski definition) is 0. The van der Waals surface area contributed by atoms with Gasteiger partial charge in [-0.3, -0.25) is 0 Å². The van der Waals surface area contributed by atoms with Crippen molar-refractivity contribution in [2.75, 3.05) is 0 Å². The molecule has 0 aliphatic carbocycles. The first-order valence-electron chi connectivity index (χ1n) is 11.3. The zero-order valence-electron chi connectivity index (χ0n) is 18.6. The Kier molecular flexibility index (Phi) is 12.6. The van der Waals surface area contributed by atoms with Crippen molar-refractivity contribution in [3.05, 3.63) is 59.7 Å². The zero-order valence-corrected chi connectivity index (χ0v) is 18.6. The molecule has 1 unspecified atom stereocenters. The van der Waals surface area contributed by atoms with Crippen molar-refractivity contribution >= 4 is 0 Å². The smallest absolute Gasteiger partial charge is 0.0184 e. The molecule has 27 heavy (non-hydrogen) atoms. The van der Waals surface area contributed by atoms with E-state index in [1.807, 2.05) is 0 Å². The topological polar surface area (TPSA) is 0 Å². The molecule has 150 valence electrons. The molecule has 0 saturated heterocycles. The van der Waals surface area contributed by atoms with E-state index in [9.17, 15) is 0 Å². The minimum Gasteiger partial charge on any atom is -0.0654 e. The summed E-state index contributed by atoms with van der Waals surface area (Å²) in [4.78, 5) is 0. The fraction of sp³-hybridized carbons (Fsp3) is 0.556. The quantitative estimate of drug-likeness (QED) is 0.368. The van der Waals surface area contributed by atoms with E-state index in [1.54, 1.807) is 0 Å². The fourth-order valence-electron chi connectivity index (χ4n) is 3.21. The van der Waals surface area contributed by atoms with Crippen molar-refractivity contribution in [2.45, 2.75) is 98.3 Å². The standard InChI is InChI=1S/C22H30.C5H12/c1-4-6-7-8-9-19-10-12-21(13-11-19)22-16-14-20(15-17-22)18(3)5-2;1-3-5-4-2/h10-18H,4-9H2,1-3H3;3-5H2,1-2H3. The number of unbranched alkanes of at least 4 members (excludes halogenated alkanes) is 5. The Morgan fingerprint density at radius 3 is 1.56 bits per heavy atom. The monoisotopic (exact) mass is 366 g/mol. The minimum atomic E-state index is 0.652. The van der Waals surface area contributed by atoms with Crippen LogP contribution in [-0.2, 0) is 6.42 Å². The predicted molar refractivity (Wildman–Crippen MR) is 124 cm³/mol. The van der Waals surface area contributed by atoms with E-state index in [0.717, 1.165) is 0 Å². The Balaban J connectivity index is 0.000000646. The van der Waals surface area contributed by atoms with Crippen LogP contribution < -0.4 is 0 Å². The third-order valence-corrected chi connectivity index (χ3v) is 5.41. The molecule has 0 radical (unpaired) electrons. The number of benzene rings is 2. The van der Waals surface area contributed by atoms with Gasteiger partial charge in [-0.15, -0.1) is 0 Å². The molecule has 0 saturated carbocycles. The molecule has 2 aromatic carbocycles. The van der Waals surface area contributed by atoms with Crippen molar-refractivity contribution < 1.29 is 0 Å². The second-order valence-electron chi connectivity index (χ2n) is 7.79. The lowest BCUT2D eigenvalue weighted by molar-refractivity contribution is 0.667. The predicted octanol–water partition coefficient (Wildman–Crippen LogP) is 9.19. The highest BCUT2D eigenvalue weighted by Gasteiger charge is 2.03. The van der Waals surface area contributed by atoms with E-state index in [4.69, 9.17) is 0 Å². The summed E-state index contributed by atoms with van der Waals surface area (Å²) in [7, 11) is 0. The molecule has 1 atom stereocenters. The van der Waals surface area contributed by atoms with Gasteiger partial charge >= 0.3 is 0 Å². The second kappa shape index (κ2) is 14.5. The first kappa shape index (κ1) is 23.5. The van der Waals surface area contributed by atoms with E-state index in [2.05, 4.69) is 83.1 Å². The van der Waals surface area contributed by atoms with Crippen LogP contribution >= 0.6 is 0 Å². The Morgan fingerprint density at radius 1 is 0.593 bits per heavy atom. The molecule has 2 aromatic rings. The van der Waals surface area contributed by atoms with Gasteiger partial charge in [0.1, 0.15) is 0 Å². The Morgan fingerprint density at radius 2 is 1.11 bits per heavy atom. The lowest BCUT2D eigenvalue weighted by Gasteiger charge is -2.10. The van der Waals surface area contributed by atoms with Crippen LogP contribution in [0.3, 0.4) is 0 Å². The Bertz CT molecular complexity index is 574. The summed E-state index contributed by atoms with van der Waals surface area (Å²) in [5.41, 5.74) is 5.56. The van der Waals surface area contributed by atoms with Gasteiger partial charge in [-0.25, -0.2) is 0 Å². The first-order chi connectivity index (χ1) is 13.2. The first-order valence-corrected chi connectivity index (χ1v) is 11.3. The van der Waals surface area contributed by atoms with Gasteiger partial charge in [0.15, 0.2) is 0 Å². The molecule has 0 nitrogen and oxygen atoms in total. The molecule has 0 heterocycles. The molecule has 0 aliphatic heterocycles. The molecule has 2 rings (SSSR count). The molecule has 0 heteroatoms. The highest BCUT2D eigenvalue weighted by Crippen LogP contribution is 2.24. The molecule has 0 aromatic heterocycles. The van der Waals surface area contributed by atoms with Crippen LogP contribution in [0.25, 0.3) is 11.1 Å². The van der Waals surface area contributed by atoms with Crippen LogP contribution in [0.15, 0.2) is 48.5 Å². The zero-order chi connectivity index (χ0) is 19.9. The lowest BCUT2D eigenvalue weighted by Crippen LogP contribution is -1.91. The maximum Gasteiger partial charge on any atom is -0.0184 e.